The average molecular weight is 628 g/mol. The molecule has 0 spiro atoms. The van der Waals surface area contributed by atoms with Crippen molar-refractivity contribution in [2.45, 2.75) is 78.2 Å². The second kappa shape index (κ2) is 13.4. The van der Waals surface area contributed by atoms with Crippen LogP contribution in [0.25, 0.3) is 39.0 Å². The van der Waals surface area contributed by atoms with Crippen molar-refractivity contribution in [2.24, 2.45) is 0 Å². The molecule has 0 unspecified atom stereocenters. The predicted octanol–water partition coefficient (Wildman–Crippen LogP) is 10.8. The van der Waals surface area contributed by atoms with E-state index in [1.807, 2.05) is 0 Å². The molecule has 8 rings (SSSR count). The molecule has 0 saturated carbocycles. The molecule has 4 aromatic carbocycles. The zero-order chi connectivity index (χ0) is 32.5. The van der Waals surface area contributed by atoms with E-state index in [0.29, 0.717) is 0 Å². The summed E-state index contributed by atoms with van der Waals surface area (Å²) in [7, 11) is 0. The fraction of sp³-hybridized carbons (Fsp3) is 0.283. The van der Waals surface area contributed by atoms with Gasteiger partial charge in [0.05, 0.1) is 11.1 Å². The van der Waals surface area contributed by atoms with Gasteiger partial charge in [-0.25, -0.2) is 0 Å². The second-order valence-corrected chi connectivity index (χ2v) is 13.7. The Labute approximate surface area is 285 Å². The lowest BCUT2D eigenvalue weighted by Gasteiger charge is -2.22. The molecule has 5 aromatic rings. The molecule has 0 saturated heterocycles. The van der Waals surface area contributed by atoms with E-state index >= 15 is 0 Å². The van der Waals surface area contributed by atoms with Crippen LogP contribution in [-0.2, 0) is 13.0 Å². The Kier molecular flexibility index (Phi) is 8.57. The highest BCUT2D eigenvalue weighted by Crippen LogP contribution is 2.39. The van der Waals surface area contributed by atoms with E-state index in [1.165, 1.54) is 110 Å². The number of unbranched alkanes of at least 4 members (excludes halogenated alkanes) is 2. The first kappa shape index (κ1) is 30.6. The Balaban J connectivity index is 1.28. The van der Waals surface area contributed by atoms with Gasteiger partial charge in [0.25, 0.3) is 0 Å². The number of aromatic nitrogens is 1. The molecular weight excluding hydrogens is 581 g/mol. The second-order valence-electron chi connectivity index (χ2n) is 13.7. The summed E-state index contributed by atoms with van der Waals surface area (Å²) in [6.07, 6.45) is 22.7. The van der Waals surface area contributed by atoms with Crippen LogP contribution in [-0.4, -0.2) is 21.4 Å². The van der Waals surface area contributed by atoms with Crippen LogP contribution in [0.2, 0.25) is 0 Å². The first-order chi connectivity index (χ1) is 23.8. The van der Waals surface area contributed by atoms with Crippen molar-refractivity contribution >= 4 is 44.7 Å². The van der Waals surface area contributed by atoms with E-state index in [9.17, 15) is 0 Å². The molecule has 0 amide bonds. The fourth-order valence-corrected chi connectivity index (χ4v) is 8.41. The number of allylic oxidation sites excluding steroid dienone is 7. The van der Waals surface area contributed by atoms with Gasteiger partial charge in [-0.1, -0.05) is 112 Å². The Bertz CT molecular complexity index is 2210. The van der Waals surface area contributed by atoms with Crippen molar-refractivity contribution in [3.05, 3.63) is 148 Å². The summed E-state index contributed by atoms with van der Waals surface area (Å²) in [5.74, 6) is 0. The van der Waals surface area contributed by atoms with Gasteiger partial charge in [-0.15, -0.1) is 0 Å². The van der Waals surface area contributed by atoms with Crippen LogP contribution in [0.1, 0.15) is 87.5 Å². The largest absolute Gasteiger partial charge is 0.340 e. The van der Waals surface area contributed by atoms with Crippen molar-refractivity contribution in [1.29, 1.82) is 0 Å². The maximum absolute atomic E-state index is 2.61. The Morgan fingerprint density at radius 2 is 1.60 bits per heavy atom. The number of hydrogen-bond acceptors (Lipinski definition) is 0. The zero-order valence-corrected chi connectivity index (χ0v) is 28.6. The Hall–Kier alpha value is -4.69. The maximum Gasteiger partial charge on any atom is 0.213 e. The van der Waals surface area contributed by atoms with Gasteiger partial charge < -0.3 is 4.57 Å². The smallest absolute Gasteiger partial charge is 0.213 e. The highest BCUT2D eigenvalue weighted by Gasteiger charge is 2.36. The van der Waals surface area contributed by atoms with Crippen molar-refractivity contribution in [3.8, 4) is 0 Å². The van der Waals surface area contributed by atoms with E-state index < -0.39 is 0 Å². The van der Waals surface area contributed by atoms with E-state index in [1.54, 1.807) is 0 Å². The lowest BCUT2D eigenvalue weighted by molar-refractivity contribution is -0.428. The van der Waals surface area contributed by atoms with Gasteiger partial charge in [0.2, 0.25) is 11.4 Å². The van der Waals surface area contributed by atoms with Crippen LogP contribution in [0, 0.1) is 0 Å². The molecule has 2 aliphatic carbocycles. The SMILES string of the molecule is CCCCn1/c(=C/C=C2\CCCC(/C=C/C3=[N+](CCCC)C4=CCCc5cccc3c54)=C2c2ccccc2)c2cccc3cccc1c32. The van der Waals surface area contributed by atoms with Crippen LogP contribution < -0.4 is 5.35 Å². The first-order valence-corrected chi connectivity index (χ1v) is 18.4. The minimum absolute atomic E-state index is 1.04. The van der Waals surface area contributed by atoms with Gasteiger partial charge in [0.1, 0.15) is 6.54 Å². The van der Waals surface area contributed by atoms with Gasteiger partial charge in [0.15, 0.2) is 0 Å². The molecule has 1 aromatic heterocycles. The molecule has 1 aliphatic heterocycles. The number of hydrogen-bond donors (Lipinski definition) is 0. The molecule has 0 fully saturated rings. The topological polar surface area (TPSA) is 7.94 Å². The minimum Gasteiger partial charge on any atom is -0.340 e. The number of rotatable bonds is 10. The lowest BCUT2D eigenvalue weighted by atomic mass is 9.82. The van der Waals surface area contributed by atoms with Gasteiger partial charge in [-0.2, -0.15) is 4.58 Å². The predicted molar refractivity (Wildman–Crippen MR) is 205 cm³/mol. The Morgan fingerprint density at radius 1 is 0.771 bits per heavy atom. The molecule has 240 valence electrons. The van der Waals surface area contributed by atoms with E-state index in [2.05, 4.69) is 138 Å². The number of nitrogens with zero attached hydrogens (tertiary/aromatic N) is 2. The van der Waals surface area contributed by atoms with Crippen LogP contribution in [0.15, 0.2) is 120 Å². The maximum atomic E-state index is 2.61. The third-order valence-electron chi connectivity index (χ3n) is 10.7. The van der Waals surface area contributed by atoms with Gasteiger partial charge in [-0.05, 0) is 96.0 Å². The molecule has 3 aliphatic rings. The van der Waals surface area contributed by atoms with Crippen molar-refractivity contribution in [2.75, 3.05) is 6.54 Å². The summed E-state index contributed by atoms with van der Waals surface area (Å²) in [4.78, 5) is 0. The fourth-order valence-electron chi connectivity index (χ4n) is 8.41. The van der Waals surface area contributed by atoms with Crippen LogP contribution in [0.4, 0.5) is 0 Å². The van der Waals surface area contributed by atoms with Crippen LogP contribution in [0.5, 0.6) is 0 Å². The summed E-state index contributed by atoms with van der Waals surface area (Å²) >= 11 is 0. The van der Waals surface area contributed by atoms with Crippen LogP contribution in [0.3, 0.4) is 0 Å². The van der Waals surface area contributed by atoms with Gasteiger partial charge in [0, 0.05) is 40.7 Å². The van der Waals surface area contributed by atoms with Crippen LogP contribution >= 0.6 is 0 Å². The first-order valence-electron chi connectivity index (χ1n) is 18.4. The summed E-state index contributed by atoms with van der Waals surface area (Å²) < 4.78 is 5.18. The molecule has 0 radical (unpaired) electrons. The quantitative estimate of drug-likeness (QED) is 0.136. The number of aryl methyl sites for hydroxylation is 2. The van der Waals surface area contributed by atoms with Crippen molar-refractivity contribution in [1.82, 2.24) is 4.57 Å². The summed E-state index contributed by atoms with van der Waals surface area (Å²) in [5.41, 5.74) is 14.2. The molecule has 48 heavy (non-hydrogen) atoms. The summed E-state index contributed by atoms with van der Waals surface area (Å²) in [5, 5.41) is 5.43. The molecular formula is C46H47N2+. The third kappa shape index (κ3) is 5.42. The van der Waals surface area contributed by atoms with Gasteiger partial charge in [-0.3, -0.25) is 0 Å². The van der Waals surface area contributed by atoms with Crippen molar-refractivity contribution in [3.63, 3.8) is 0 Å². The monoisotopic (exact) mass is 627 g/mol. The summed E-state index contributed by atoms with van der Waals surface area (Å²) in [6.45, 7) is 6.71. The normalized spacial score (nSPS) is 17.5. The molecule has 0 atom stereocenters. The highest BCUT2D eigenvalue weighted by molar-refractivity contribution is 6.13. The summed E-state index contributed by atoms with van der Waals surface area (Å²) in [6, 6.07) is 31.6. The van der Waals surface area contributed by atoms with Crippen molar-refractivity contribution < 1.29 is 4.58 Å². The average Bonchev–Trinajstić information content (AvgIpc) is 3.61. The minimum atomic E-state index is 1.04. The van der Waals surface area contributed by atoms with E-state index in [4.69, 9.17) is 0 Å². The lowest BCUT2D eigenvalue weighted by Crippen LogP contribution is -2.16. The standard InChI is InChI=1S/C46H47N2/c1-3-5-31-47-40(38-23-11-19-34-21-13-25-42(47)45(34)38)29-27-36-17-10-18-37(44(36)33-15-8-7-9-16-33)28-30-41-39-24-12-20-35-22-14-26-43(46(35)39)48(41)32-6-4-2/h7-9,11-13,15-16,19-21,23-30H,3-6,10,14,17-18,22,31-32H2,1-2H3/q+1. The zero-order valence-electron chi connectivity index (χ0n) is 28.6. The molecule has 2 nitrogen and oxygen atoms in total. The van der Waals surface area contributed by atoms with E-state index in [-0.39, 0.29) is 0 Å². The molecule has 0 N–H and O–H groups in total. The number of benzene rings is 4. The van der Waals surface area contributed by atoms with Gasteiger partial charge >= 0.3 is 0 Å². The third-order valence-corrected chi connectivity index (χ3v) is 10.7. The molecule has 2 heterocycles. The molecule has 0 bridgehead atoms. The Morgan fingerprint density at radius 3 is 2.46 bits per heavy atom. The van der Waals surface area contributed by atoms with E-state index in [0.717, 1.165) is 38.8 Å². The molecule has 2 heteroatoms. The highest BCUT2D eigenvalue weighted by atomic mass is 15.0.